The van der Waals surface area contributed by atoms with Crippen molar-refractivity contribution in [2.24, 2.45) is 0 Å². The lowest BCUT2D eigenvalue weighted by molar-refractivity contribution is -0.121. The number of rotatable bonds is 7. The number of amides is 1. The Labute approximate surface area is 122 Å². The van der Waals surface area contributed by atoms with Crippen molar-refractivity contribution in [3.63, 3.8) is 0 Å². The van der Waals surface area contributed by atoms with E-state index in [0.29, 0.717) is 12.1 Å². The van der Waals surface area contributed by atoms with Gasteiger partial charge in [-0.3, -0.25) is 14.5 Å². The number of Topliss-reactive ketones (excluding diaryl/α,β-unsaturated/α-hetero) is 1. The molecule has 104 valence electrons. The van der Waals surface area contributed by atoms with Crippen LogP contribution < -0.4 is 5.32 Å². The van der Waals surface area contributed by atoms with Gasteiger partial charge in [-0.1, -0.05) is 35.0 Å². The van der Waals surface area contributed by atoms with Crippen LogP contribution in [0.15, 0.2) is 28.7 Å². The fourth-order valence-electron chi connectivity index (χ4n) is 1.59. The summed E-state index contributed by atoms with van der Waals surface area (Å²) in [5.41, 5.74) is 0.656. The van der Waals surface area contributed by atoms with Crippen molar-refractivity contribution in [2.75, 3.05) is 26.7 Å². The SMILES string of the molecule is CCCNC(=O)CN(C)CC(=O)c1ccc(Br)cc1. The van der Waals surface area contributed by atoms with Gasteiger partial charge in [-0.05, 0) is 25.6 Å². The van der Waals surface area contributed by atoms with Gasteiger partial charge in [-0.2, -0.15) is 0 Å². The van der Waals surface area contributed by atoms with Crippen LogP contribution in [0.4, 0.5) is 0 Å². The quantitative estimate of drug-likeness (QED) is 0.780. The Morgan fingerprint density at radius 3 is 2.42 bits per heavy atom. The number of halogens is 1. The first kappa shape index (κ1) is 15.9. The standard InChI is InChI=1S/C14H19BrN2O2/c1-3-8-16-14(19)10-17(2)9-13(18)11-4-6-12(15)7-5-11/h4-7H,3,8-10H2,1-2H3,(H,16,19). The van der Waals surface area contributed by atoms with E-state index >= 15 is 0 Å². The molecule has 0 bridgehead atoms. The third-order valence-corrected chi connectivity index (χ3v) is 3.09. The van der Waals surface area contributed by atoms with Gasteiger partial charge in [0, 0.05) is 16.6 Å². The summed E-state index contributed by atoms with van der Waals surface area (Å²) in [4.78, 5) is 25.2. The molecule has 0 aliphatic carbocycles. The summed E-state index contributed by atoms with van der Waals surface area (Å²) in [6.45, 7) is 3.15. The summed E-state index contributed by atoms with van der Waals surface area (Å²) in [5.74, 6) is -0.0359. The predicted octanol–water partition coefficient (Wildman–Crippen LogP) is 2.09. The zero-order valence-electron chi connectivity index (χ0n) is 11.3. The van der Waals surface area contributed by atoms with Gasteiger partial charge in [-0.25, -0.2) is 0 Å². The van der Waals surface area contributed by atoms with Gasteiger partial charge in [0.15, 0.2) is 5.78 Å². The van der Waals surface area contributed by atoms with Crippen LogP contribution in [0.5, 0.6) is 0 Å². The first-order valence-corrected chi connectivity index (χ1v) is 7.06. The molecule has 0 heterocycles. The predicted molar refractivity (Wildman–Crippen MR) is 79.3 cm³/mol. The molecule has 1 rings (SSSR count). The monoisotopic (exact) mass is 326 g/mol. The highest BCUT2D eigenvalue weighted by atomic mass is 79.9. The number of hydrogen-bond donors (Lipinski definition) is 1. The summed E-state index contributed by atoms with van der Waals surface area (Å²) in [6.07, 6.45) is 0.910. The van der Waals surface area contributed by atoms with E-state index < -0.39 is 0 Å². The summed E-state index contributed by atoms with van der Waals surface area (Å²) < 4.78 is 0.941. The molecule has 0 radical (unpaired) electrons. The van der Waals surface area contributed by atoms with Crippen molar-refractivity contribution in [1.29, 1.82) is 0 Å². The van der Waals surface area contributed by atoms with Crippen molar-refractivity contribution < 1.29 is 9.59 Å². The Balaban J connectivity index is 2.43. The van der Waals surface area contributed by atoms with Gasteiger partial charge < -0.3 is 5.32 Å². The number of nitrogens with one attached hydrogen (secondary N) is 1. The summed E-state index contributed by atoms with van der Waals surface area (Å²) in [5, 5.41) is 2.79. The van der Waals surface area contributed by atoms with E-state index in [1.165, 1.54) is 0 Å². The van der Waals surface area contributed by atoms with Crippen LogP contribution in [0.25, 0.3) is 0 Å². The minimum atomic E-state index is -0.0482. The molecule has 1 amide bonds. The average molecular weight is 327 g/mol. The molecule has 0 aromatic heterocycles. The molecule has 0 fully saturated rings. The zero-order chi connectivity index (χ0) is 14.3. The molecule has 0 atom stereocenters. The first-order valence-electron chi connectivity index (χ1n) is 6.27. The molecule has 5 heteroatoms. The third kappa shape index (κ3) is 5.98. The number of ketones is 1. The van der Waals surface area contributed by atoms with E-state index in [1.807, 2.05) is 19.1 Å². The molecule has 0 aliphatic heterocycles. The Morgan fingerprint density at radius 1 is 1.21 bits per heavy atom. The van der Waals surface area contributed by atoms with E-state index in [2.05, 4.69) is 21.2 Å². The Morgan fingerprint density at radius 2 is 1.84 bits per heavy atom. The topological polar surface area (TPSA) is 49.4 Å². The second-order valence-electron chi connectivity index (χ2n) is 4.45. The molecule has 19 heavy (non-hydrogen) atoms. The van der Waals surface area contributed by atoms with Gasteiger partial charge in [0.1, 0.15) is 0 Å². The Hall–Kier alpha value is -1.20. The van der Waals surface area contributed by atoms with Gasteiger partial charge in [-0.15, -0.1) is 0 Å². The van der Waals surface area contributed by atoms with Crippen LogP contribution >= 0.6 is 15.9 Å². The number of carbonyl (C=O) groups is 2. The van der Waals surface area contributed by atoms with Crippen molar-refractivity contribution in [1.82, 2.24) is 10.2 Å². The van der Waals surface area contributed by atoms with Crippen molar-refractivity contribution in [3.8, 4) is 0 Å². The van der Waals surface area contributed by atoms with Crippen LogP contribution in [0, 0.1) is 0 Å². The maximum Gasteiger partial charge on any atom is 0.234 e. The lowest BCUT2D eigenvalue weighted by Gasteiger charge is -2.15. The molecule has 1 aromatic rings. The molecular formula is C14H19BrN2O2. The normalized spacial score (nSPS) is 10.5. The first-order chi connectivity index (χ1) is 9.02. The summed E-state index contributed by atoms with van der Waals surface area (Å²) >= 11 is 3.33. The third-order valence-electron chi connectivity index (χ3n) is 2.57. The molecule has 0 saturated carbocycles. The largest absolute Gasteiger partial charge is 0.355 e. The molecule has 1 aromatic carbocycles. The fraction of sp³-hybridized carbons (Fsp3) is 0.429. The average Bonchev–Trinajstić information content (AvgIpc) is 2.36. The lowest BCUT2D eigenvalue weighted by atomic mass is 10.1. The highest BCUT2D eigenvalue weighted by Gasteiger charge is 2.11. The number of likely N-dealkylation sites (N-methyl/N-ethyl adjacent to an activating group) is 1. The van der Waals surface area contributed by atoms with Crippen LogP contribution in [0.3, 0.4) is 0 Å². The second-order valence-corrected chi connectivity index (χ2v) is 5.37. The smallest absolute Gasteiger partial charge is 0.234 e. The highest BCUT2D eigenvalue weighted by Crippen LogP contribution is 2.11. The van der Waals surface area contributed by atoms with Crippen molar-refractivity contribution >= 4 is 27.6 Å². The fourth-order valence-corrected chi connectivity index (χ4v) is 1.86. The number of nitrogens with zero attached hydrogens (tertiary/aromatic N) is 1. The molecule has 1 N–H and O–H groups in total. The summed E-state index contributed by atoms with van der Waals surface area (Å²) in [6, 6.07) is 7.22. The van der Waals surface area contributed by atoms with Crippen molar-refractivity contribution in [3.05, 3.63) is 34.3 Å². The highest BCUT2D eigenvalue weighted by molar-refractivity contribution is 9.10. The molecule has 0 saturated heterocycles. The van der Waals surface area contributed by atoms with Gasteiger partial charge in [0.05, 0.1) is 13.1 Å². The number of benzene rings is 1. The van der Waals surface area contributed by atoms with Crippen molar-refractivity contribution in [2.45, 2.75) is 13.3 Å². The van der Waals surface area contributed by atoms with Crippen LogP contribution in [0.1, 0.15) is 23.7 Å². The lowest BCUT2D eigenvalue weighted by Crippen LogP contribution is -2.37. The van der Waals surface area contributed by atoms with Gasteiger partial charge >= 0.3 is 0 Å². The molecule has 0 unspecified atom stereocenters. The van der Waals surface area contributed by atoms with Crippen LogP contribution in [0.2, 0.25) is 0 Å². The van der Waals surface area contributed by atoms with Crippen LogP contribution in [-0.4, -0.2) is 43.3 Å². The molecule has 0 aliphatic rings. The molecular weight excluding hydrogens is 308 g/mol. The van der Waals surface area contributed by atoms with E-state index in [-0.39, 0.29) is 24.8 Å². The maximum absolute atomic E-state index is 12.0. The van der Waals surface area contributed by atoms with E-state index in [0.717, 1.165) is 10.9 Å². The maximum atomic E-state index is 12.0. The minimum Gasteiger partial charge on any atom is -0.355 e. The van der Waals surface area contributed by atoms with E-state index in [1.54, 1.807) is 24.1 Å². The minimum absolute atomic E-state index is 0.0123. The van der Waals surface area contributed by atoms with E-state index in [4.69, 9.17) is 0 Å². The number of carbonyl (C=O) groups excluding carboxylic acids is 2. The second kappa shape index (κ2) is 8.07. The number of hydrogen-bond acceptors (Lipinski definition) is 3. The molecule has 0 spiro atoms. The summed E-state index contributed by atoms with van der Waals surface area (Å²) in [7, 11) is 1.77. The van der Waals surface area contributed by atoms with Gasteiger partial charge in [0.25, 0.3) is 0 Å². The van der Waals surface area contributed by atoms with E-state index in [9.17, 15) is 9.59 Å². The Bertz CT molecular complexity index is 432. The zero-order valence-corrected chi connectivity index (χ0v) is 12.9. The molecule has 4 nitrogen and oxygen atoms in total. The Kier molecular flexibility index (Phi) is 6.73. The van der Waals surface area contributed by atoms with Crippen LogP contribution in [-0.2, 0) is 4.79 Å². The van der Waals surface area contributed by atoms with Gasteiger partial charge in [0.2, 0.25) is 5.91 Å².